The van der Waals surface area contributed by atoms with Crippen LogP contribution in [0.15, 0.2) is 28.7 Å². The van der Waals surface area contributed by atoms with E-state index in [4.69, 9.17) is 9.47 Å². The van der Waals surface area contributed by atoms with Crippen LogP contribution in [0.2, 0.25) is 0 Å². The summed E-state index contributed by atoms with van der Waals surface area (Å²) in [6.45, 7) is 6.78. The lowest BCUT2D eigenvalue weighted by Gasteiger charge is -2.20. The summed E-state index contributed by atoms with van der Waals surface area (Å²) >= 11 is 3.41. The zero-order valence-corrected chi connectivity index (χ0v) is 13.7. The molecule has 20 heavy (non-hydrogen) atoms. The third-order valence-corrected chi connectivity index (χ3v) is 3.16. The molecule has 1 rings (SSSR count). The first-order valence-corrected chi connectivity index (χ1v) is 7.71. The number of esters is 1. The van der Waals surface area contributed by atoms with Gasteiger partial charge in [0.2, 0.25) is 0 Å². The van der Waals surface area contributed by atoms with Crippen LogP contribution in [0.4, 0.5) is 0 Å². The smallest absolute Gasteiger partial charge is 0.320 e. The van der Waals surface area contributed by atoms with Crippen LogP contribution in [-0.2, 0) is 9.53 Å². The van der Waals surface area contributed by atoms with Crippen molar-refractivity contribution in [2.24, 2.45) is 0 Å². The van der Waals surface area contributed by atoms with Crippen molar-refractivity contribution in [3.8, 4) is 5.75 Å². The summed E-state index contributed by atoms with van der Waals surface area (Å²) in [5, 5.41) is 0. The first kappa shape index (κ1) is 17.0. The maximum atomic E-state index is 11.5. The van der Waals surface area contributed by atoms with Gasteiger partial charge in [-0.15, -0.1) is 0 Å². The van der Waals surface area contributed by atoms with Crippen LogP contribution < -0.4 is 4.74 Å². The molecule has 0 aliphatic heterocycles. The quantitative estimate of drug-likeness (QED) is 0.646. The minimum atomic E-state index is -0.177. The van der Waals surface area contributed by atoms with Crippen LogP contribution in [0.5, 0.6) is 5.75 Å². The molecule has 0 heterocycles. The van der Waals surface area contributed by atoms with Gasteiger partial charge in [-0.25, -0.2) is 0 Å². The second-order valence-corrected chi connectivity index (χ2v) is 5.30. The van der Waals surface area contributed by atoms with Gasteiger partial charge in [0.15, 0.2) is 0 Å². The molecule has 0 aliphatic carbocycles. The third kappa shape index (κ3) is 6.91. The van der Waals surface area contributed by atoms with Crippen LogP contribution in [-0.4, -0.2) is 43.7 Å². The second kappa shape index (κ2) is 9.77. The number of benzene rings is 1. The van der Waals surface area contributed by atoms with Crippen molar-refractivity contribution >= 4 is 21.9 Å². The van der Waals surface area contributed by atoms with Crippen molar-refractivity contribution in [1.82, 2.24) is 4.90 Å². The van der Waals surface area contributed by atoms with Crippen molar-refractivity contribution in [3.63, 3.8) is 0 Å². The minimum Gasteiger partial charge on any atom is -0.492 e. The molecule has 1 aromatic carbocycles. The number of hydrogen-bond donors (Lipinski definition) is 0. The third-order valence-electron chi connectivity index (χ3n) is 2.67. The van der Waals surface area contributed by atoms with Gasteiger partial charge in [0.1, 0.15) is 12.4 Å². The number of carbonyl (C=O) groups is 1. The number of nitrogens with zero attached hydrogens (tertiary/aromatic N) is 1. The molecule has 0 fully saturated rings. The van der Waals surface area contributed by atoms with Gasteiger partial charge in [-0.05, 0) is 38.1 Å². The lowest BCUT2D eigenvalue weighted by Crippen LogP contribution is -2.35. The van der Waals surface area contributed by atoms with E-state index >= 15 is 0 Å². The van der Waals surface area contributed by atoms with Crippen LogP contribution >= 0.6 is 15.9 Å². The van der Waals surface area contributed by atoms with Crippen molar-refractivity contribution in [1.29, 1.82) is 0 Å². The van der Waals surface area contributed by atoms with Gasteiger partial charge in [0.25, 0.3) is 0 Å². The maximum absolute atomic E-state index is 11.5. The van der Waals surface area contributed by atoms with Gasteiger partial charge in [0.05, 0.1) is 13.2 Å². The number of carbonyl (C=O) groups excluding carboxylic acids is 1. The predicted octanol–water partition coefficient (Wildman–Crippen LogP) is 3.10. The van der Waals surface area contributed by atoms with E-state index in [0.29, 0.717) is 26.3 Å². The van der Waals surface area contributed by atoms with Crippen molar-refractivity contribution in [2.45, 2.75) is 20.3 Å². The molecule has 0 atom stereocenters. The van der Waals surface area contributed by atoms with E-state index in [0.717, 1.165) is 23.2 Å². The summed E-state index contributed by atoms with van der Waals surface area (Å²) in [5.74, 6) is 0.648. The Labute approximate surface area is 129 Å². The van der Waals surface area contributed by atoms with Gasteiger partial charge >= 0.3 is 5.97 Å². The fourth-order valence-corrected chi connectivity index (χ4v) is 2.20. The molecule has 0 saturated carbocycles. The SMILES string of the molecule is CCCN(CCOc1cccc(Br)c1)CC(=O)OCC. The molecular weight excluding hydrogens is 322 g/mol. The Hall–Kier alpha value is -1.07. The molecule has 0 radical (unpaired) electrons. The summed E-state index contributed by atoms with van der Waals surface area (Å²) in [6, 6.07) is 7.73. The fraction of sp³-hybridized carbons (Fsp3) is 0.533. The highest BCUT2D eigenvalue weighted by molar-refractivity contribution is 9.10. The van der Waals surface area contributed by atoms with Crippen molar-refractivity contribution < 1.29 is 14.3 Å². The van der Waals surface area contributed by atoms with Crippen LogP contribution in [0.3, 0.4) is 0 Å². The van der Waals surface area contributed by atoms with Gasteiger partial charge in [-0.2, -0.15) is 0 Å². The van der Waals surface area contributed by atoms with E-state index in [9.17, 15) is 4.79 Å². The Bertz CT molecular complexity index is 412. The topological polar surface area (TPSA) is 38.8 Å². The molecule has 0 N–H and O–H groups in total. The highest BCUT2D eigenvalue weighted by atomic mass is 79.9. The molecule has 112 valence electrons. The summed E-state index contributed by atoms with van der Waals surface area (Å²) < 4.78 is 11.6. The minimum absolute atomic E-state index is 0.177. The fourth-order valence-electron chi connectivity index (χ4n) is 1.82. The molecule has 0 unspecified atom stereocenters. The summed E-state index contributed by atoms with van der Waals surface area (Å²) in [7, 11) is 0. The predicted molar refractivity (Wildman–Crippen MR) is 83.0 cm³/mol. The summed E-state index contributed by atoms with van der Waals surface area (Å²) in [5.41, 5.74) is 0. The van der Waals surface area contributed by atoms with Gasteiger partial charge < -0.3 is 9.47 Å². The highest BCUT2D eigenvalue weighted by Gasteiger charge is 2.10. The Morgan fingerprint density at radius 1 is 1.30 bits per heavy atom. The number of halogens is 1. The van der Waals surface area contributed by atoms with E-state index in [1.165, 1.54) is 0 Å². The molecule has 0 aliphatic rings. The Morgan fingerprint density at radius 3 is 2.75 bits per heavy atom. The highest BCUT2D eigenvalue weighted by Crippen LogP contribution is 2.17. The van der Waals surface area contributed by atoms with Gasteiger partial charge in [-0.1, -0.05) is 28.9 Å². The second-order valence-electron chi connectivity index (χ2n) is 4.39. The zero-order valence-electron chi connectivity index (χ0n) is 12.1. The number of ether oxygens (including phenoxy) is 2. The van der Waals surface area contributed by atoms with Crippen LogP contribution in [0.1, 0.15) is 20.3 Å². The molecular formula is C15H22BrNO3. The number of hydrogen-bond acceptors (Lipinski definition) is 4. The average molecular weight is 344 g/mol. The van der Waals surface area contributed by atoms with Crippen LogP contribution in [0.25, 0.3) is 0 Å². The van der Waals surface area contributed by atoms with E-state index in [1.54, 1.807) is 0 Å². The summed E-state index contributed by atoms with van der Waals surface area (Å²) in [4.78, 5) is 13.5. The Kier molecular flexibility index (Phi) is 8.30. The first-order chi connectivity index (χ1) is 9.65. The lowest BCUT2D eigenvalue weighted by atomic mass is 10.3. The largest absolute Gasteiger partial charge is 0.492 e. The maximum Gasteiger partial charge on any atom is 0.320 e. The molecule has 0 bridgehead atoms. The van der Waals surface area contributed by atoms with E-state index < -0.39 is 0 Å². The van der Waals surface area contributed by atoms with Gasteiger partial charge in [0, 0.05) is 11.0 Å². The van der Waals surface area contributed by atoms with Gasteiger partial charge in [-0.3, -0.25) is 9.69 Å². The molecule has 1 aromatic rings. The lowest BCUT2D eigenvalue weighted by molar-refractivity contribution is -0.144. The molecule has 0 aromatic heterocycles. The Balaban J connectivity index is 2.36. The monoisotopic (exact) mass is 343 g/mol. The standard InChI is InChI=1S/C15H22BrNO3/c1-3-8-17(12-15(18)19-4-2)9-10-20-14-7-5-6-13(16)11-14/h5-7,11H,3-4,8-10,12H2,1-2H3. The summed E-state index contributed by atoms with van der Waals surface area (Å²) in [6.07, 6.45) is 0.996. The van der Waals surface area contributed by atoms with E-state index in [2.05, 4.69) is 27.8 Å². The first-order valence-electron chi connectivity index (χ1n) is 6.92. The molecule has 4 nitrogen and oxygen atoms in total. The van der Waals surface area contributed by atoms with Crippen molar-refractivity contribution in [2.75, 3.05) is 32.8 Å². The average Bonchev–Trinajstić information content (AvgIpc) is 2.39. The molecule has 0 amide bonds. The Morgan fingerprint density at radius 2 is 2.10 bits per heavy atom. The zero-order chi connectivity index (χ0) is 14.8. The van der Waals surface area contributed by atoms with Crippen LogP contribution in [0, 0.1) is 0 Å². The van der Waals surface area contributed by atoms with E-state index in [-0.39, 0.29) is 5.97 Å². The van der Waals surface area contributed by atoms with E-state index in [1.807, 2.05) is 31.2 Å². The normalized spacial score (nSPS) is 10.6. The molecule has 0 spiro atoms. The van der Waals surface area contributed by atoms with Crippen molar-refractivity contribution in [3.05, 3.63) is 28.7 Å². The molecule has 0 saturated heterocycles. The number of rotatable bonds is 9. The molecule has 5 heteroatoms.